The first kappa shape index (κ1) is 39.3. The van der Waals surface area contributed by atoms with Crippen molar-refractivity contribution < 1.29 is 67.7 Å². The zero-order valence-corrected chi connectivity index (χ0v) is 32.7. The molecular weight excluding hydrogens is 736 g/mol. The topological polar surface area (TPSA) is 269 Å². The van der Waals surface area contributed by atoms with Crippen LogP contribution in [0.2, 0.25) is 0 Å². The van der Waals surface area contributed by atoms with Crippen molar-refractivity contribution in [3.05, 3.63) is 10.4 Å². The van der Waals surface area contributed by atoms with Crippen LogP contribution in [0.1, 0.15) is 74.7 Å². The molecule has 18 heteroatoms. The third-order valence-corrected chi connectivity index (χ3v) is 16.0. The van der Waals surface area contributed by atoms with E-state index in [4.69, 9.17) is 34.0 Å². The second-order valence-electron chi connectivity index (χ2n) is 18.4. The lowest BCUT2D eigenvalue weighted by molar-refractivity contribution is -0.286. The summed E-state index contributed by atoms with van der Waals surface area (Å²) >= 11 is 0. The van der Waals surface area contributed by atoms with Crippen LogP contribution in [-0.4, -0.2) is 118 Å². The van der Waals surface area contributed by atoms with Crippen LogP contribution in [0.4, 0.5) is 0 Å². The number of azide groups is 1. The summed E-state index contributed by atoms with van der Waals surface area (Å²) < 4.78 is 36.9. The molecule has 4 N–H and O–H groups in total. The standard InChI is InChI=1S/C38H52N4O14/c1-13-21-24(36(7)37(8,50)33(49)56-38(36)30(13)55-38)27(48)22-20-23(29(51-14(2)43)32(35(21,22)6)53-16(4)45)34(5)17(12-18-28(54-18)31(34)52-15(3)44)25(26(20)47)41-19(46)10-9-11-40-42-39/h13,17-18,20-32,47-48,50H,9-12H2,1-8H3,(H,41,46)/t13-,17+,18-,20-,21-,22+,23+,24-,25-,26+,27+,28-,29-,30+,31-,32-,34-,35+,36-,37+,38-/m0/s1. The maximum absolute atomic E-state index is 13.7. The second kappa shape index (κ2) is 12.5. The zero-order chi connectivity index (χ0) is 40.8. The first-order valence-corrected chi connectivity index (χ1v) is 19.6. The Labute approximate surface area is 323 Å². The van der Waals surface area contributed by atoms with Crippen LogP contribution >= 0.6 is 0 Å². The van der Waals surface area contributed by atoms with Gasteiger partial charge in [0, 0.05) is 67.2 Å². The van der Waals surface area contributed by atoms with Gasteiger partial charge in [-0.1, -0.05) is 25.9 Å². The molecule has 1 spiro atoms. The molecule has 0 aromatic heterocycles. The van der Waals surface area contributed by atoms with Crippen LogP contribution in [0.15, 0.2) is 5.11 Å². The predicted octanol–water partition coefficient (Wildman–Crippen LogP) is 1.06. The van der Waals surface area contributed by atoms with Gasteiger partial charge in [0.2, 0.25) is 11.7 Å². The lowest BCUT2D eigenvalue weighted by Crippen LogP contribution is -2.77. The van der Waals surface area contributed by atoms with Gasteiger partial charge < -0.3 is 49.1 Å². The van der Waals surface area contributed by atoms with E-state index in [2.05, 4.69) is 15.3 Å². The minimum atomic E-state index is -2.14. The molecule has 0 aromatic carbocycles. The summed E-state index contributed by atoms with van der Waals surface area (Å²) in [5.74, 6) is -10.7. The molecule has 3 aliphatic heterocycles. The van der Waals surface area contributed by atoms with Crippen LogP contribution in [0.25, 0.3) is 10.4 Å². The number of nitrogens with one attached hydrogen (secondary N) is 1. The molecule has 5 aliphatic carbocycles. The van der Waals surface area contributed by atoms with E-state index in [-0.39, 0.29) is 25.5 Å². The summed E-state index contributed by atoms with van der Waals surface area (Å²) in [6.45, 7) is 12.3. The Bertz CT molecular complexity index is 1810. The molecule has 0 unspecified atom stereocenters. The van der Waals surface area contributed by atoms with Gasteiger partial charge in [0.05, 0.1) is 29.8 Å². The Morgan fingerprint density at radius 3 is 2.20 bits per heavy atom. The van der Waals surface area contributed by atoms with Gasteiger partial charge in [-0.05, 0) is 55.9 Å². The molecule has 3 saturated heterocycles. The number of hydrogen-bond acceptors (Lipinski definition) is 15. The average Bonchev–Trinajstić information content (AvgIpc) is 4.01. The van der Waals surface area contributed by atoms with Crippen molar-refractivity contribution >= 4 is 29.8 Å². The first-order valence-electron chi connectivity index (χ1n) is 19.6. The van der Waals surface area contributed by atoms with Gasteiger partial charge in [-0.25, -0.2) is 4.79 Å². The van der Waals surface area contributed by atoms with Crippen LogP contribution in [-0.2, 0) is 52.4 Å². The molecule has 8 fully saturated rings. The smallest absolute Gasteiger partial charge is 0.341 e. The maximum atomic E-state index is 13.7. The van der Waals surface area contributed by atoms with Gasteiger partial charge in [0.1, 0.15) is 30.5 Å². The first-order chi connectivity index (χ1) is 26.2. The molecule has 56 heavy (non-hydrogen) atoms. The molecule has 308 valence electrons. The molecule has 8 aliphatic rings. The van der Waals surface area contributed by atoms with Gasteiger partial charge in [-0.15, -0.1) is 0 Å². The summed E-state index contributed by atoms with van der Waals surface area (Å²) in [4.78, 5) is 69.3. The predicted molar refractivity (Wildman–Crippen MR) is 186 cm³/mol. The highest BCUT2D eigenvalue weighted by Crippen LogP contribution is 2.80. The highest BCUT2D eigenvalue weighted by Gasteiger charge is 2.93. The van der Waals surface area contributed by atoms with E-state index in [9.17, 15) is 39.3 Å². The largest absolute Gasteiger partial charge is 0.459 e. The lowest BCUT2D eigenvalue weighted by Gasteiger charge is -2.67. The molecule has 1 amide bonds. The SMILES string of the molecule is CC(=O)O[C@H]1[C@H]2[C@@H]([C@@H](O)[C@@H](NC(=O)CCCN=[N+]=[N-])[C@H]3C[C@@H]4O[C@@H]4[C@H](OC(C)=O)[C@]23C)[C@@H]2[C@@H](O)[C@@H]3[C@H]([C@H](C)[C@H]4O[C@]45OC(=O)[C@@](C)(O)[C@]35C)[C@@]2(C)[C@H]1OC(C)=O. The van der Waals surface area contributed by atoms with Gasteiger partial charge in [0.15, 0.2) is 5.60 Å². The van der Waals surface area contributed by atoms with E-state index in [0.29, 0.717) is 6.42 Å². The highest BCUT2D eigenvalue weighted by atomic mass is 16.8. The third kappa shape index (κ3) is 4.79. The quantitative estimate of drug-likeness (QED) is 0.0510. The summed E-state index contributed by atoms with van der Waals surface area (Å²) in [5, 5.41) is 44.7. The van der Waals surface area contributed by atoms with Gasteiger partial charge in [-0.2, -0.15) is 0 Å². The van der Waals surface area contributed by atoms with Gasteiger partial charge >= 0.3 is 23.9 Å². The Kier molecular flexibility index (Phi) is 8.76. The van der Waals surface area contributed by atoms with E-state index in [0.717, 1.165) is 0 Å². The third-order valence-electron chi connectivity index (χ3n) is 16.0. The monoisotopic (exact) mass is 788 g/mol. The molecular formula is C38H52N4O14. The fourth-order valence-corrected chi connectivity index (χ4v) is 14.0. The highest BCUT2D eigenvalue weighted by molar-refractivity contribution is 5.84. The van der Waals surface area contributed by atoms with Crippen molar-refractivity contribution in [2.24, 2.45) is 62.8 Å². The summed E-state index contributed by atoms with van der Waals surface area (Å²) in [5.41, 5.74) is 2.47. The van der Waals surface area contributed by atoms with Gasteiger partial charge in [0.25, 0.3) is 0 Å². The number of carbonyl (C=O) groups excluding carboxylic acids is 5. The Morgan fingerprint density at radius 1 is 0.929 bits per heavy atom. The van der Waals surface area contributed by atoms with Crippen LogP contribution in [0, 0.1) is 57.7 Å². The number of aliphatic hydroxyl groups is 3. The number of aliphatic hydroxyl groups excluding tert-OH is 2. The van der Waals surface area contributed by atoms with E-state index < -0.39 is 148 Å². The van der Waals surface area contributed by atoms with Crippen LogP contribution in [0.5, 0.6) is 0 Å². The number of ether oxygens (including phenoxy) is 6. The molecule has 5 saturated carbocycles. The second-order valence-corrected chi connectivity index (χ2v) is 18.4. The van der Waals surface area contributed by atoms with E-state index >= 15 is 0 Å². The summed E-state index contributed by atoms with van der Waals surface area (Å²) in [7, 11) is 0. The lowest BCUT2D eigenvalue weighted by atomic mass is 9.40. The van der Waals surface area contributed by atoms with Crippen molar-refractivity contribution in [2.45, 2.75) is 141 Å². The maximum Gasteiger partial charge on any atom is 0.341 e. The Morgan fingerprint density at radius 2 is 1.57 bits per heavy atom. The number of epoxide rings is 2. The van der Waals surface area contributed by atoms with Crippen molar-refractivity contribution in [3.63, 3.8) is 0 Å². The molecule has 21 atom stereocenters. The number of rotatable bonds is 8. The van der Waals surface area contributed by atoms with E-state index in [1.54, 1.807) is 6.92 Å². The number of nitrogens with zero attached hydrogens (tertiary/aromatic N) is 3. The Balaban J connectivity index is 1.34. The zero-order valence-electron chi connectivity index (χ0n) is 32.7. The normalized spacial score (nSPS) is 53.7. The fraction of sp³-hybridized carbons (Fsp3) is 0.868. The number of esters is 4. The molecule has 8 rings (SSSR count). The number of hydrogen-bond donors (Lipinski definition) is 4. The van der Waals surface area contributed by atoms with Gasteiger partial charge in [-0.3, -0.25) is 19.2 Å². The minimum Gasteiger partial charge on any atom is -0.459 e. The van der Waals surface area contributed by atoms with Crippen LogP contribution < -0.4 is 5.32 Å². The minimum absolute atomic E-state index is 0.0311. The molecule has 0 aromatic rings. The van der Waals surface area contributed by atoms with Crippen molar-refractivity contribution in [3.8, 4) is 0 Å². The number of amides is 1. The summed E-state index contributed by atoms with van der Waals surface area (Å²) in [6.07, 6.45) is -7.47. The van der Waals surface area contributed by atoms with Crippen LogP contribution in [0.3, 0.4) is 0 Å². The Hall–Kier alpha value is -3.54. The fourth-order valence-electron chi connectivity index (χ4n) is 14.0. The average molecular weight is 789 g/mol. The van der Waals surface area contributed by atoms with Crippen molar-refractivity contribution in [1.29, 1.82) is 0 Å². The molecule has 0 bridgehead atoms. The number of fused-ring (bicyclic) bond motifs is 9. The molecule has 18 nitrogen and oxygen atoms in total. The molecule has 3 heterocycles. The van der Waals surface area contributed by atoms with E-state index in [1.807, 2.05) is 20.8 Å². The van der Waals surface area contributed by atoms with Crippen molar-refractivity contribution in [2.75, 3.05) is 6.54 Å². The van der Waals surface area contributed by atoms with Crippen molar-refractivity contribution in [1.82, 2.24) is 5.32 Å². The van der Waals surface area contributed by atoms with E-state index in [1.165, 1.54) is 27.7 Å². The number of carbonyl (C=O) groups is 5. The summed E-state index contributed by atoms with van der Waals surface area (Å²) in [6, 6.07) is -1.01. The molecule has 0 radical (unpaired) electrons.